The number of hydrogen-bond donors (Lipinski definition) is 0. The zero-order chi connectivity index (χ0) is 56.4. The van der Waals surface area contributed by atoms with Gasteiger partial charge in [-0.3, -0.25) is 14.4 Å². The molecule has 0 aliphatic rings. The first-order valence-corrected chi connectivity index (χ1v) is 33.2. The van der Waals surface area contributed by atoms with Crippen molar-refractivity contribution < 1.29 is 28.6 Å². The maximum Gasteiger partial charge on any atom is 0.306 e. The minimum absolute atomic E-state index is 0.0768. The smallest absolute Gasteiger partial charge is 0.306 e. The van der Waals surface area contributed by atoms with E-state index in [0.29, 0.717) is 19.3 Å². The van der Waals surface area contributed by atoms with Gasteiger partial charge in [0, 0.05) is 19.3 Å². The Labute approximate surface area is 483 Å². The van der Waals surface area contributed by atoms with Crippen LogP contribution in [0.3, 0.4) is 0 Å². The maximum atomic E-state index is 12.9. The number of ether oxygens (including phenoxy) is 3. The fourth-order valence-corrected chi connectivity index (χ4v) is 9.36. The van der Waals surface area contributed by atoms with Crippen LogP contribution < -0.4 is 0 Å². The van der Waals surface area contributed by atoms with Crippen molar-refractivity contribution in [3.05, 3.63) is 97.2 Å². The molecule has 0 aromatic rings. The van der Waals surface area contributed by atoms with Crippen LogP contribution in [0.2, 0.25) is 0 Å². The van der Waals surface area contributed by atoms with E-state index in [1.54, 1.807) is 0 Å². The third-order valence-corrected chi connectivity index (χ3v) is 14.3. The highest BCUT2D eigenvalue weighted by Crippen LogP contribution is 2.16. The van der Waals surface area contributed by atoms with E-state index in [1.165, 1.54) is 180 Å². The molecule has 0 saturated heterocycles. The fraction of sp³-hybridized carbons (Fsp3) is 0.736. The first-order chi connectivity index (χ1) is 38.5. The maximum absolute atomic E-state index is 12.9. The average Bonchev–Trinajstić information content (AvgIpc) is 3.44. The molecule has 448 valence electrons. The molecule has 0 aromatic heterocycles. The first-order valence-electron chi connectivity index (χ1n) is 33.2. The lowest BCUT2D eigenvalue weighted by molar-refractivity contribution is -0.167. The Morgan fingerprint density at radius 2 is 0.500 bits per heavy atom. The van der Waals surface area contributed by atoms with Crippen LogP contribution in [-0.4, -0.2) is 37.2 Å². The van der Waals surface area contributed by atoms with Crippen molar-refractivity contribution in [2.24, 2.45) is 0 Å². The molecule has 1 unspecified atom stereocenters. The first kappa shape index (κ1) is 74.3. The molecular formula is C72H124O6. The molecule has 0 rings (SSSR count). The SMILES string of the molecule is CC/C=C\C/C=C\C/C=C\C/C=C\C/C=C\C/C=C\CCCCCCCCCCCCC(=O)OCC(COC(=O)CCCCCCCCCC)OC(=O)CCCCCCCCCCCCC/C=C\C/C=C\CCCCCCC. The van der Waals surface area contributed by atoms with E-state index >= 15 is 0 Å². The lowest BCUT2D eigenvalue weighted by Gasteiger charge is -2.18. The lowest BCUT2D eigenvalue weighted by atomic mass is 10.0. The fourth-order valence-electron chi connectivity index (χ4n) is 9.36. The van der Waals surface area contributed by atoms with E-state index in [-0.39, 0.29) is 31.1 Å². The summed E-state index contributed by atoms with van der Waals surface area (Å²) in [6, 6.07) is 0. The Hall–Kier alpha value is -3.67. The predicted octanol–water partition coefficient (Wildman–Crippen LogP) is 22.8. The van der Waals surface area contributed by atoms with E-state index in [0.717, 1.165) is 103 Å². The summed E-state index contributed by atoms with van der Waals surface area (Å²) in [5.41, 5.74) is 0. The van der Waals surface area contributed by atoms with Crippen LogP contribution in [0.15, 0.2) is 97.2 Å². The van der Waals surface area contributed by atoms with E-state index in [9.17, 15) is 14.4 Å². The van der Waals surface area contributed by atoms with Crippen LogP contribution in [0.5, 0.6) is 0 Å². The minimum atomic E-state index is -0.779. The summed E-state index contributed by atoms with van der Waals surface area (Å²) in [4.78, 5) is 38.2. The number of esters is 3. The second-order valence-electron chi connectivity index (χ2n) is 22.0. The number of carbonyl (C=O) groups excluding carboxylic acids is 3. The Morgan fingerprint density at radius 1 is 0.269 bits per heavy atom. The van der Waals surface area contributed by atoms with Gasteiger partial charge in [-0.2, -0.15) is 0 Å². The van der Waals surface area contributed by atoms with Gasteiger partial charge >= 0.3 is 17.9 Å². The van der Waals surface area contributed by atoms with Gasteiger partial charge in [0.05, 0.1) is 0 Å². The second kappa shape index (κ2) is 65.8. The zero-order valence-corrected chi connectivity index (χ0v) is 51.4. The van der Waals surface area contributed by atoms with Gasteiger partial charge < -0.3 is 14.2 Å². The van der Waals surface area contributed by atoms with Crippen molar-refractivity contribution in [2.45, 2.75) is 329 Å². The molecule has 0 aromatic carbocycles. The largest absolute Gasteiger partial charge is 0.462 e. The van der Waals surface area contributed by atoms with Gasteiger partial charge in [0.15, 0.2) is 6.10 Å². The van der Waals surface area contributed by atoms with E-state index < -0.39 is 6.10 Å². The van der Waals surface area contributed by atoms with E-state index in [1.807, 2.05) is 0 Å². The van der Waals surface area contributed by atoms with Crippen LogP contribution >= 0.6 is 0 Å². The molecule has 6 nitrogen and oxygen atoms in total. The van der Waals surface area contributed by atoms with E-state index in [2.05, 4.69) is 118 Å². The molecule has 0 saturated carbocycles. The predicted molar refractivity (Wildman–Crippen MR) is 339 cm³/mol. The number of hydrogen-bond acceptors (Lipinski definition) is 6. The third kappa shape index (κ3) is 63.2. The van der Waals surface area contributed by atoms with Crippen LogP contribution in [-0.2, 0) is 28.6 Å². The van der Waals surface area contributed by atoms with Gasteiger partial charge in [-0.15, -0.1) is 0 Å². The quantitative estimate of drug-likeness (QED) is 0.0261. The standard InChI is InChI=1S/C72H124O6/c1-4-7-10-13-16-19-21-23-25-27-29-31-33-34-35-36-37-38-40-41-43-45-47-49-51-53-56-59-62-65-71(74)77-68-69(67-76-70(73)64-61-58-55-18-15-12-9-6-3)78-72(75)66-63-60-57-54-52-50-48-46-44-42-39-32-30-28-26-24-22-20-17-14-11-8-5-2/h7,10,16,19,22-25,28-31,34-35,37-38,69H,4-6,8-9,11-15,17-18,20-21,26-27,32-33,36,39-68H2,1-3H3/b10-7-,19-16-,24-22-,25-23-,30-28-,31-29-,35-34-,38-37-. The molecule has 0 N–H and O–H groups in total. The van der Waals surface area contributed by atoms with Crippen molar-refractivity contribution in [3.63, 3.8) is 0 Å². The summed E-state index contributed by atoms with van der Waals surface area (Å²) in [6.07, 6.45) is 88.6. The highest BCUT2D eigenvalue weighted by Gasteiger charge is 2.19. The lowest BCUT2D eigenvalue weighted by Crippen LogP contribution is -2.30. The van der Waals surface area contributed by atoms with Crippen molar-refractivity contribution in [1.29, 1.82) is 0 Å². The van der Waals surface area contributed by atoms with Gasteiger partial charge in [-0.25, -0.2) is 0 Å². The van der Waals surface area contributed by atoms with Crippen LogP contribution in [0.25, 0.3) is 0 Å². The van der Waals surface area contributed by atoms with Crippen molar-refractivity contribution in [1.82, 2.24) is 0 Å². The minimum Gasteiger partial charge on any atom is -0.462 e. The van der Waals surface area contributed by atoms with E-state index in [4.69, 9.17) is 14.2 Å². The van der Waals surface area contributed by atoms with Gasteiger partial charge in [0.25, 0.3) is 0 Å². The Morgan fingerprint density at radius 3 is 0.782 bits per heavy atom. The molecule has 1 atom stereocenters. The molecule has 0 aliphatic heterocycles. The van der Waals surface area contributed by atoms with Crippen molar-refractivity contribution in [3.8, 4) is 0 Å². The molecule has 0 heterocycles. The van der Waals surface area contributed by atoms with Gasteiger partial charge in [-0.05, 0) is 103 Å². The summed E-state index contributed by atoms with van der Waals surface area (Å²) >= 11 is 0. The second-order valence-corrected chi connectivity index (χ2v) is 22.0. The Kier molecular flexibility index (Phi) is 62.7. The average molecular weight is 1090 g/mol. The number of rotatable bonds is 60. The molecule has 0 amide bonds. The van der Waals surface area contributed by atoms with Crippen LogP contribution in [0.4, 0.5) is 0 Å². The number of carbonyl (C=O) groups is 3. The summed E-state index contributed by atoms with van der Waals surface area (Å²) in [7, 11) is 0. The molecule has 0 bridgehead atoms. The van der Waals surface area contributed by atoms with Gasteiger partial charge in [0.2, 0.25) is 0 Å². The number of unbranched alkanes of at least 4 members (excludes halogenated alkanes) is 33. The number of allylic oxidation sites excluding steroid dienone is 16. The Balaban J connectivity index is 4.17. The van der Waals surface area contributed by atoms with Crippen LogP contribution in [0, 0.1) is 0 Å². The molecule has 0 fully saturated rings. The normalized spacial score (nSPS) is 12.7. The molecular weight excluding hydrogens is 961 g/mol. The topological polar surface area (TPSA) is 78.9 Å². The third-order valence-electron chi connectivity index (χ3n) is 14.3. The van der Waals surface area contributed by atoms with Gasteiger partial charge in [0.1, 0.15) is 13.2 Å². The highest BCUT2D eigenvalue weighted by molar-refractivity contribution is 5.71. The zero-order valence-electron chi connectivity index (χ0n) is 51.4. The summed E-state index contributed by atoms with van der Waals surface area (Å²) in [6.45, 7) is 6.51. The summed E-state index contributed by atoms with van der Waals surface area (Å²) < 4.78 is 16.9. The Bertz CT molecular complexity index is 1530. The monoisotopic (exact) mass is 1080 g/mol. The van der Waals surface area contributed by atoms with Gasteiger partial charge in [-0.1, -0.05) is 298 Å². The van der Waals surface area contributed by atoms with Crippen molar-refractivity contribution >= 4 is 17.9 Å². The molecule has 78 heavy (non-hydrogen) atoms. The molecule has 0 radical (unpaired) electrons. The van der Waals surface area contributed by atoms with Crippen molar-refractivity contribution in [2.75, 3.05) is 13.2 Å². The molecule has 0 aliphatic carbocycles. The van der Waals surface area contributed by atoms with Crippen LogP contribution in [0.1, 0.15) is 323 Å². The molecule has 6 heteroatoms. The summed E-state index contributed by atoms with van der Waals surface area (Å²) in [5, 5.41) is 0. The highest BCUT2D eigenvalue weighted by atomic mass is 16.6. The molecule has 0 spiro atoms. The summed E-state index contributed by atoms with van der Waals surface area (Å²) in [5.74, 6) is -0.877.